The highest BCUT2D eigenvalue weighted by molar-refractivity contribution is 5.97. The van der Waals surface area contributed by atoms with Crippen LogP contribution in [0.1, 0.15) is 10.4 Å². The largest absolute Gasteiger partial charge is 0.619 e. The highest BCUT2D eigenvalue weighted by Gasteiger charge is 2.11. The number of anilines is 1. The molecule has 0 saturated carbocycles. The van der Waals surface area contributed by atoms with E-state index in [0.717, 1.165) is 10.8 Å². The molecule has 0 radical (unpaired) electrons. The van der Waals surface area contributed by atoms with Crippen molar-refractivity contribution in [3.8, 4) is 0 Å². The van der Waals surface area contributed by atoms with Gasteiger partial charge in [0.1, 0.15) is 0 Å². The van der Waals surface area contributed by atoms with Gasteiger partial charge in [-0.15, -0.1) is 0 Å². The summed E-state index contributed by atoms with van der Waals surface area (Å²) in [4.78, 5) is 23.7. The SMILES string of the molecule is O=C(COC(=O)c1cc[n+]([O-])cc1)Nc1ccc2ccccc2c1. The molecule has 1 amide bonds. The zero-order valence-corrected chi connectivity index (χ0v) is 12.6. The van der Waals surface area contributed by atoms with Gasteiger partial charge in [0.25, 0.3) is 5.91 Å². The molecule has 120 valence electrons. The maximum Gasteiger partial charge on any atom is 0.339 e. The lowest BCUT2D eigenvalue weighted by Crippen LogP contribution is -2.25. The van der Waals surface area contributed by atoms with Gasteiger partial charge in [0, 0.05) is 17.8 Å². The third-order valence-corrected chi connectivity index (χ3v) is 3.41. The van der Waals surface area contributed by atoms with Crippen LogP contribution in [-0.2, 0) is 9.53 Å². The molecule has 1 heterocycles. The Balaban J connectivity index is 1.58. The van der Waals surface area contributed by atoms with E-state index in [9.17, 15) is 14.8 Å². The summed E-state index contributed by atoms with van der Waals surface area (Å²) in [7, 11) is 0. The van der Waals surface area contributed by atoms with Gasteiger partial charge >= 0.3 is 5.97 Å². The fourth-order valence-electron chi connectivity index (χ4n) is 2.23. The van der Waals surface area contributed by atoms with Gasteiger partial charge in [-0.05, 0) is 22.9 Å². The van der Waals surface area contributed by atoms with Gasteiger partial charge in [0.2, 0.25) is 0 Å². The molecule has 0 atom stereocenters. The molecule has 0 fully saturated rings. The zero-order valence-electron chi connectivity index (χ0n) is 12.6. The van der Waals surface area contributed by atoms with Crippen molar-refractivity contribution in [1.82, 2.24) is 0 Å². The van der Waals surface area contributed by atoms with Crippen molar-refractivity contribution < 1.29 is 19.1 Å². The average molecular weight is 322 g/mol. The second kappa shape index (κ2) is 6.78. The lowest BCUT2D eigenvalue weighted by molar-refractivity contribution is -0.605. The number of fused-ring (bicyclic) bond motifs is 1. The summed E-state index contributed by atoms with van der Waals surface area (Å²) in [6.07, 6.45) is 2.37. The number of hydrogen-bond donors (Lipinski definition) is 1. The van der Waals surface area contributed by atoms with Gasteiger partial charge in [0.05, 0.1) is 5.56 Å². The van der Waals surface area contributed by atoms with Crippen LogP contribution in [0.25, 0.3) is 10.8 Å². The van der Waals surface area contributed by atoms with Crippen molar-refractivity contribution in [2.24, 2.45) is 0 Å². The van der Waals surface area contributed by atoms with Crippen LogP contribution < -0.4 is 10.0 Å². The van der Waals surface area contributed by atoms with Crippen LogP contribution in [-0.4, -0.2) is 18.5 Å². The maximum atomic E-state index is 11.9. The Hall–Kier alpha value is -3.41. The number of amides is 1. The van der Waals surface area contributed by atoms with Gasteiger partial charge in [-0.25, -0.2) is 4.79 Å². The highest BCUT2D eigenvalue weighted by Crippen LogP contribution is 2.18. The van der Waals surface area contributed by atoms with Crippen molar-refractivity contribution >= 4 is 28.3 Å². The van der Waals surface area contributed by atoms with Crippen molar-refractivity contribution in [1.29, 1.82) is 0 Å². The first-order valence-electron chi connectivity index (χ1n) is 7.26. The van der Waals surface area contributed by atoms with E-state index in [1.807, 2.05) is 36.4 Å². The first-order chi connectivity index (χ1) is 11.6. The highest BCUT2D eigenvalue weighted by atomic mass is 16.5. The van der Waals surface area contributed by atoms with Gasteiger partial charge in [-0.1, -0.05) is 30.3 Å². The molecule has 0 aliphatic rings. The Bertz CT molecular complexity index is 891. The van der Waals surface area contributed by atoms with Crippen molar-refractivity contribution in [2.75, 3.05) is 11.9 Å². The van der Waals surface area contributed by atoms with Gasteiger partial charge in [-0.2, -0.15) is 4.73 Å². The van der Waals surface area contributed by atoms with Crippen LogP contribution in [0.2, 0.25) is 0 Å². The number of nitrogens with one attached hydrogen (secondary N) is 1. The van der Waals surface area contributed by atoms with E-state index in [4.69, 9.17) is 4.74 Å². The van der Waals surface area contributed by atoms with Crippen LogP contribution in [0.15, 0.2) is 67.0 Å². The second-order valence-corrected chi connectivity index (χ2v) is 5.13. The first kappa shape index (κ1) is 15.5. The lowest BCUT2D eigenvalue weighted by Gasteiger charge is -2.07. The standard InChI is InChI=1S/C18H14N2O4/c21-17(12-24-18(22)14-7-9-20(23)10-8-14)19-16-6-5-13-3-1-2-4-15(13)11-16/h1-11H,12H2,(H,19,21). The molecule has 1 N–H and O–H groups in total. The number of pyridine rings is 1. The van der Waals surface area contributed by atoms with E-state index < -0.39 is 18.5 Å². The summed E-state index contributed by atoms with van der Waals surface area (Å²) in [6.45, 7) is -0.405. The molecule has 0 saturated heterocycles. The van der Waals surface area contributed by atoms with Crippen molar-refractivity contribution in [2.45, 2.75) is 0 Å². The molecule has 6 heteroatoms. The molecular formula is C18H14N2O4. The third-order valence-electron chi connectivity index (χ3n) is 3.41. The summed E-state index contributed by atoms with van der Waals surface area (Å²) in [6, 6.07) is 16.0. The Labute approximate surface area is 137 Å². The molecular weight excluding hydrogens is 308 g/mol. The quantitative estimate of drug-likeness (QED) is 0.454. The smallest absolute Gasteiger partial charge is 0.339 e. The number of esters is 1. The van der Waals surface area contributed by atoms with Crippen LogP contribution in [0.3, 0.4) is 0 Å². The average Bonchev–Trinajstić information content (AvgIpc) is 2.60. The number of nitrogens with zero attached hydrogens (tertiary/aromatic N) is 1. The molecule has 24 heavy (non-hydrogen) atoms. The molecule has 6 nitrogen and oxygen atoms in total. The monoisotopic (exact) mass is 322 g/mol. The number of carbonyl (C=O) groups excluding carboxylic acids is 2. The van der Waals surface area contributed by atoms with E-state index >= 15 is 0 Å². The Morgan fingerprint density at radius 2 is 1.71 bits per heavy atom. The Morgan fingerprint density at radius 1 is 1.00 bits per heavy atom. The molecule has 0 bridgehead atoms. The summed E-state index contributed by atoms with van der Waals surface area (Å²) >= 11 is 0. The maximum absolute atomic E-state index is 11.9. The predicted molar refractivity (Wildman–Crippen MR) is 88.3 cm³/mol. The van der Waals surface area contributed by atoms with Crippen LogP contribution in [0.5, 0.6) is 0 Å². The molecule has 2 aromatic carbocycles. The Kier molecular flexibility index (Phi) is 4.38. The normalized spacial score (nSPS) is 10.3. The summed E-state index contributed by atoms with van der Waals surface area (Å²) < 4.78 is 5.49. The molecule has 0 aliphatic carbocycles. The van der Waals surface area contributed by atoms with E-state index in [0.29, 0.717) is 10.4 Å². The molecule has 3 aromatic rings. The fraction of sp³-hybridized carbons (Fsp3) is 0.0556. The zero-order chi connectivity index (χ0) is 16.9. The van der Waals surface area contributed by atoms with Crippen LogP contribution in [0.4, 0.5) is 5.69 Å². The predicted octanol–water partition coefficient (Wildman–Crippen LogP) is 2.27. The minimum atomic E-state index is -0.663. The first-order valence-corrected chi connectivity index (χ1v) is 7.26. The Morgan fingerprint density at radius 3 is 2.46 bits per heavy atom. The van der Waals surface area contributed by atoms with Crippen LogP contribution >= 0.6 is 0 Å². The van der Waals surface area contributed by atoms with Gasteiger partial charge in [-0.3, -0.25) is 4.79 Å². The minimum absolute atomic E-state index is 0.209. The second-order valence-electron chi connectivity index (χ2n) is 5.13. The van der Waals surface area contributed by atoms with Crippen molar-refractivity contribution in [3.63, 3.8) is 0 Å². The summed E-state index contributed by atoms with van der Waals surface area (Å²) in [5.41, 5.74) is 0.836. The number of ether oxygens (including phenoxy) is 1. The van der Waals surface area contributed by atoms with E-state index in [1.165, 1.54) is 24.5 Å². The number of carbonyl (C=O) groups is 2. The fourth-order valence-corrected chi connectivity index (χ4v) is 2.23. The van der Waals surface area contributed by atoms with E-state index in [2.05, 4.69) is 5.32 Å². The third kappa shape index (κ3) is 3.67. The lowest BCUT2D eigenvalue weighted by atomic mass is 10.1. The topological polar surface area (TPSA) is 82.3 Å². The van der Waals surface area contributed by atoms with E-state index in [1.54, 1.807) is 6.07 Å². The summed E-state index contributed by atoms with van der Waals surface area (Å²) in [5, 5.41) is 15.7. The molecule has 3 rings (SSSR count). The van der Waals surface area contributed by atoms with E-state index in [-0.39, 0.29) is 5.56 Å². The minimum Gasteiger partial charge on any atom is -0.619 e. The number of benzene rings is 2. The van der Waals surface area contributed by atoms with Gasteiger partial charge in [0.15, 0.2) is 19.0 Å². The number of hydrogen-bond acceptors (Lipinski definition) is 4. The van der Waals surface area contributed by atoms with Gasteiger partial charge < -0.3 is 15.3 Å². The van der Waals surface area contributed by atoms with Crippen LogP contribution in [0, 0.1) is 5.21 Å². The number of rotatable bonds is 4. The number of aromatic nitrogens is 1. The molecule has 1 aromatic heterocycles. The molecule has 0 unspecified atom stereocenters. The summed E-state index contributed by atoms with van der Waals surface area (Å²) in [5.74, 6) is -1.10. The van der Waals surface area contributed by atoms with Crippen molar-refractivity contribution in [3.05, 3.63) is 77.8 Å². The molecule has 0 aliphatic heterocycles. The molecule has 0 spiro atoms.